The zero-order valence-electron chi connectivity index (χ0n) is 16.5. The number of benzene rings is 2. The molecule has 0 aliphatic heterocycles. The van der Waals surface area contributed by atoms with Gasteiger partial charge in [0, 0.05) is 5.56 Å². The lowest BCUT2D eigenvalue weighted by atomic mass is 9.87. The van der Waals surface area contributed by atoms with Crippen molar-refractivity contribution in [2.24, 2.45) is 0 Å². The van der Waals surface area contributed by atoms with Crippen LogP contribution in [0.1, 0.15) is 39.1 Å². The lowest BCUT2D eigenvalue weighted by Gasteiger charge is -2.20. The Labute approximate surface area is 164 Å². The molecule has 146 valence electrons. The van der Waals surface area contributed by atoms with E-state index in [4.69, 9.17) is 13.9 Å². The molecule has 0 aliphatic rings. The summed E-state index contributed by atoms with van der Waals surface area (Å²) >= 11 is 0. The topological polar surface area (TPSA) is 74.5 Å². The molecule has 0 saturated heterocycles. The highest BCUT2D eigenvalue weighted by Gasteiger charge is 2.19. The molecule has 0 spiro atoms. The van der Waals surface area contributed by atoms with Crippen LogP contribution in [0.4, 0.5) is 0 Å². The van der Waals surface area contributed by atoms with Gasteiger partial charge in [0.2, 0.25) is 5.89 Å². The van der Waals surface area contributed by atoms with Crippen molar-refractivity contribution in [1.29, 1.82) is 0 Å². The van der Waals surface area contributed by atoms with Gasteiger partial charge in [0.15, 0.2) is 12.7 Å². The monoisotopic (exact) mass is 380 g/mol. The highest BCUT2D eigenvalue weighted by molar-refractivity contribution is 5.74. The van der Waals surface area contributed by atoms with E-state index in [0.717, 1.165) is 5.56 Å². The Balaban J connectivity index is 1.53. The number of nitrogens with zero attached hydrogens (tertiary/aromatic N) is 2. The molecule has 2 aromatic carbocycles. The molecule has 0 unspecified atom stereocenters. The van der Waals surface area contributed by atoms with Gasteiger partial charge in [-0.05, 0) is 42.2 Å². The molecule has 0 saturated carbocycles. The van der Waals surface area contributed by atoms with Crippen molar-refractivity contribution in [1.82, 2.24) is 10.2 Å². The molecule has 3 aromatic rings. The van der Waals surface area contributed by atoms with Gasteiger partial charge < -0.3 is 13.9 Å². The van der Waals surface area contributed by atoms with Crippen LogP contribution in [0.3, 0.4) is 0 Å². The molecule has 0 aliphatic carbocycles. The van der Waals surface area contributed by atoms with Gasteiger partial charge in [-0.3, -0.25) is 0 Å². The molecular formula is C22H24N2O4. The van der Waals surface area contributed by atoms with Crippen LogP contribution in [0, 0.1) is 0 Å². The zero-order valence-corrected chi connectivity index (χ0v) is 16.5. The summed E-state index contributed by atoms with van der Waals surface area (Å²) < 4.78 is 16.4. The lowest BCUT2D eigenvalue weighted by molar-refractivity contribution is -0.153. The highest BCUT2D eigenvalue weighted by atomic mass is 16.6. The van der Waals surface area contributed by atoms with E-state index in [-0.39, 0.29) is 17.9 Å². The van der Waals surface area contributed by atoms with Gasteiger partial charge in [-0.2, -0.15) is 0 Å². The average molecular weight is 380 g/mol. The van der Waals surface area contributed by atoms with E-state index in [2.05, 4.69) is 31.0 Å². The molecule has 0 N–H and O–H groups in total. The number of esters is 1. The number of hydrogen-bond donors (Lipinski definition) is 0. The smallest absolute Gasteiger partial charge is 0.347 e. The highest BCUT2D eigenvalue weighted by Crippen LogP contribution is 2.25. The molecule has 6 heteroatoms. The van der Waals surface area contributed by atoms with Crippen molar-refractivity contribution in [2.45, 2.75) is 45.8 Å². The van der Waals surface area contributed by atoms with Crippen molar-refractivity contribution in [3.63, 3.8) is 0 Å². The van der Waals surface area contributed by atoms with Crippen LogP contribution in [0.2, 0.25) is 0 Å². The van der Waals surface area contributed by atoms with Gasteiger partial charge in [0.1, 0.15) is 5.75 Å². The van der Waals surface area contributed by atoms with E-state index in [9.17, 15) is 4.79 Å². The second-order valence-corrected chi connectivity index (χ2v) is 7.51. The second kappa shape index (κ2) is 8.25. The van der Waals surface area contributed by atoms with E-state index < -0.39 is 12.1 Å². The summed E-state index contributed by atoms with van der Waals surface area (Å²) in [5.41, 5.74) is 2.06. The van der Waals surface area contributed by atoms with Crippen LogP contribution in [-0.4, -0.2) is 22.3 Å². The fourth-order valence-electron chi connectivity index (χ4n) is 2.55. The molecule has 1 heterocycles. The number of aromatic nitrogens is 2. The first-order valence-corrected chi connectivity index (χ1v) is 9.14. The average Bonchev–Trinajstić information content (AvgIpc) is 3.15. The molecule has 28 heavy (non-hydrogen) atoms. The lowest BCUT2D eigenvalue weighted by Crippen LogP contribution is -2.26. The standard InChI is InChI=1S/C22H24N2O4/c1-15(27-18-12-10-17(11-13-18)22(2,3)4)21(25)26-14-19-23-24-20(28-19)16-8-6-5-7-9-16/h5-13,15H,14H2,1-4H3/t15-/m0/s1. The van der Waals surface area contributed by atoms with Crippen molar-refractivity contribution in [3.8, 4) is 17.2 Å². The van der Waals surface area contributed by atoms with Crippen LogP contribution < -0.4 is 4.74 Å². The summed E-state index contributed by atoms with van der Waals surface area (Å²) in [6.07, 6.45) is -0.753. The van der Waals surface area contributed by atoms with Crippen LogP contribution in [-0.2, 0) is 21.6 Å². The Morgan fingerprint density at radius 1 is 1.04 bits per heavy atom. The summed E-state index contributed by atoms with van der Waals surface area (Å²) in [7, 11) is 0. The predicted molar refractivity (Wildman–Crippen MR) is 105 cm³/mol. The normalized spacial score (nSPS) is 12.4. The Morgan fingerprint density at radius 2 is 1.71 bits per heavy atom. The fraction of sp³-hybridized carbons (Fsp3) is 0.318. The Kier molecular flexibility index (Phi) is 5.78. The summed E-state index contributed by atoms with van der Waals surface area (Å²) in [4.78, 5) is 12.2. The molecule has 0 amide bonds. The fourth-order valence-corrected chi connectivity index (χ4v) is 2.55. The maximum Gasteiger partial charge on any atom is 0.347 e. The molecule has 1 aromatic heterocycles. The minimum absolute atomic E-state index is 0.0613. The van der Waals surface area contributed by atoms with Crippen LogP contribution in [0.15, 0.2) is 59.0 Å². The van der Waals surface area contributed by atoms with E-state index in [1.165, 1.54) is 5.56 Å². The molecule has 3 rings (SSSR count). The van der Waals surface area contributed by atoms with Gasteiger partial charge in [-0.25, -0.2) is 4.79 Å². The molecule has 0 radical (unpaired) electrons. The third kappa shape index (κ3) is 4.97. The first-order chi connectivity index (χ1) is 13.3. The number of ether oxygens (including phenoxy) is 2. The first-order valence-electron chi connectivity index (χ1n) is 9.14. The number of hydrogen-bond acceptors (Lipinski definition) is 6. The summed E-state index contributed by atoms with van der Waals surface area (Å²) in [5.74, 6) is 0.727. The van der Waals surface area contributed by atoms with E-state index in [1.807, 2.05) is 54.6 Å². The minimum atomic E-state index is -0.753. The maximum atomic E-state index is 12.2. The van der Waals surface area contributed by atoms with Gasteiger partial charge >= 0.3 is 5.97 Å². The summed E-state index contributed by atoms with van der Waals surface area (Å²) in [5, 5.41) is 7.87. The van der Waals surface area contributed by atoms with Gasteiger partial charge in [0.25, 0.3) is 5.89 Å². The van der Waals surface area contributed by atoms with E-state index in [1.54, 1.807) is 6.92 Å². The van der Waals surface area contributed by atoms with Gasteiger partial charge in [-0.15, -0.1) is 10.2 Å². The second-order valence-electron chi connectivity index (χ2n) is 7.51. The largest absolute Gasteiger partial charge is 0.479 e. The summed E-state index contributed by atoms with van der Waals surface area (Å²) in [6, 6.07) is 17.1. The Bertz CT molecular complexity index is 912. The van der Waals surface area contributed by atoms with Crippen molar-refractivity contribution < 1.29 is 18.7 Å². The van der Waals surface area contributed by atoms with E-state index >= 15 is 0 Å². The predicted octanol–water partition coefficient (Wildman–Crippen LogP) is 4.54. The summed E-state index contributed by atoms with van der Waals surface area (Å²) in [6.45, 7) is 7.97. The Hall–Kier alpha value is -3.15. The van der Waals surface area contributed by atoms with Gasteiger partial charge in [-0.1, -0.05) is 51.1 Å². The number of rotatable bonds is 6. The van der Waals surface area contributed by atoms with Crippen molar-refractivity contribution in [2.75, 3.05) is 0 Å². The molecule has 0 bridgehead atoms. The van der Waals surface area contributed by atoms with Crippen LogP contribution in [0.25, 0.3) is 11.5 Å². The van der Waals surface area contributed by atoms with Crippen LogP contribution >= 0.6 is 0 Å². The molecule has 1 atom stereocenters. The van der Waals surface area contributed by atoms with Crippen molar-refractivity contribution >= 4 is 5.97 Å². The van der Waals surface area contributed by atoms with Crippen LogP contribution in [0.5, 0.6) is 5.75 Å². The minimum Gasteiger partial charge on any atom is -0.479 e. The van der Waals surface area contributed by atoms with Gasteiger partial charge in [0.05, 0.1) is 0 Å². The molecule has 0 fully saturated rings. The number of carbonyl (C=O) groups excluding carboxylic acids is 1. The quantitative estimate of drug-likeness (QED) is 0.584. The molecular weight excluding hydrogens is 356 g/mol. The maximum absolute atomic E-state index is 12.2. The third-order valence-electron chi connectivity index (χ3n) is 4.19. The first kappa shape index (κ1) is 19.6. The van der Waals surface area contributed by atoms with E-state index in [0.29, 0.717) is 11.6 Å². The van der Waals surface area contributed by atoms with Crippen molar-refractivity contribution in [3.05, 3.63) is 66.1 Å². The molecule has 6 nitrogen and oxygen atoms in total. The third-order valence-corrected chi connectivity index (χ3v) is 4.19. The zero-order chi connectivity index (χ0) is 20.1. The Morgan fingerprint density at radius 3 is 2.36 bits per heavy atom. The number of carbonyl (C=O) groups is 1. The SMILES string of the molecule is C[C@H](Oc1ccc(C(C)(C)C)cc1)C(=O)OCc1nnc(-c2ccccc2)o1.